The molecular formula is C68H43N3. The Hall–Kier alpha value is -9.44. The van der Waals surface area contributed by atoms with E-state index in [1.54, 1.807) is 0 Å². The minimum atomic E-state index is 0.688. The topological polar surface area (TPSA) is 30.7 Å². The number of rotatable bonds is 7. The lowest BCUT2D eigenvalue weighted by Gasteiger charge is -2.16. The van der Waals surface area contributed by atoms with Crippen molar-refractivity contribution in [3.05, 3.63) is 261 Å². The Bertz CT molecular complexity index is 4320. The predicted molar refractivity (Wildman–Crippen MR) is 299 cm³/mol. The van der Waals surface area contributed by atoms with E-state index in [1.807, 2.05) is 18.2 Å². The normalized spacial score (nSPS) is 11.7. The summed E-state index contributed by atoms with van der Waals surface area (Å²) in [5.41, 5.74) is 15.4. The highest BCUT2D eigenvalue weighted by Gasteiger charge is 2.19. The number of benzene rings is 12. The van der Waals surface area contributed by atoms with Gasteiger partial charge >= 0.3 is 0 Å². The molecule has 3 heteroatoms. The van der Waals surface area contributed by atoms with Crippen molar-refractivity contribution in [1.29, 1.82) is 0 Å². The van der Waals surface area contributed by atoms with Gasteiger partial charge in [-0.15, -0.1) is 0 Å². The van der Waals surface area contributed by atoms with Crippen LogP contribution in [0, 0.1) is 0 Å². The van der Waals surface area contributed by atoms with E-state index < -0.39 is 0 Å². The summed E-state index contributed by atoms with van der Waals surface area (Å²) in [6, 6.07) is 94.2. The molecule has 0 radical (unpaired) electrons. The molecule has 12 aromatic carbocycles. The highest BCUT2D eigenvalue weighted by Crippen LogP contribution is 2.42. The SMILES string of the molecule is c1ccc(-c2nc(-c3ccc(-c4ccc(-c5ccc(-c6c7ccccc7cc7c6ccc6ccccc67)cc5)c5ccccc45)cc3)cc(-c3ccccc3-n3c4ccccc4c4ccccc43)n2)cc1. The molecule has 0 N–H and O–H groups in total. The van der Waals surface area contributed by atoms with Crippen LogP contribution in [0.2, 0.25) is 0 Å². The van der Waals surface area contributed by atoms with Crippen molar-refractivity contribution >= 4 is 64.9 Å². The minimum Gasteiger partial charge on any atom is -0.309 e. The Morgan fingerprint density at radius 3 is 1.44 bits per heavy atom. The first-order valence-electron chi connectivity index (χ1n) is 24.3. The molecular weight excluding hydrogens is 859 g/mol. The maximum Gasteiger partial charge on any atom is 0.160 e. The molecule has 0 bridgehead atoms. The molecule has 0 aliphatic rings. The van der Waals surface area contributed by atoms with E-state index in [2.05, 4.69) is 247 Å². The van der Waals surface area contributed by atoms with Gasteiger partial charge in [-0.05, 0) is 107 Å². The van der Waals surface area contributed by atoms with Gasteiger partial charge in [0, 0.05) is 27.5 Å². The van der Waals surface area contributed by atoms with Gasteiger partial charge in [-0.25, -0.2) is 9.97 Å². The molecule has 3 nitrogen and oxygen atoms in total. The molecule has 14 aromatic rings. The van der Waals surface area contributed by atoms with Crippen LogP contribution in [-0.2, 0) is 0 Å². The first kappa shape index (κ1) is 40.6. The molecule has 2 heterocycles. The van der Waals surface area contributed by atoms with Crippen molar-refractivity contribution in [2.45, 2.75) is 0 Å². The first-order valence-corrected chi connectivity index (χ1v) is 24.3. The molecule has 0 atom stereocenters. The van der Waals surface area contributed by atoms with E-state index in [0.717, 1.165) is 50.4 Å². The number of hydrogen-bond acceptors (Lipinski definition) is 2. The van der Waals surface area contributed by atoms with E-state index in [-0.39, 0.29) is 0 Å². The third kappa shape index (κ3) is 6.82. The standard InChI is InChI=1S/C68H43N3/c1-2-17-49(18-3-1)68-69-62(43-63(70-68)60-26-12-15-29-66(60)71-64-27-13-10-24-57(64)58-25-11-14-28-65(58)71)47-34-30-45(31-35-47)52-40-41-53(56-23-9-8-22-55(52)56)46-32-36-48(37-33-46)67-54-21-7-5-19-50(54)42-61-51-20-6-4-16-44(51)38-39-59(61)67/h1-43H. The second kappa shape index (κ2) is 16.7. The van der Waals surface area contributed by atoms with Crippen LogP contribution < -0.4 is 0 Å². The van der Waals surface area contributed by atoms with Crippen LogP contribution in [0.3, 0.4) is 0 Å². The molecule has 0 aliphatic carbocycles. The molecule has 330 valence electrons. The molecule has 0 spiro atoms. The lowest BCUT2D eigenvalue weighted by Crippen LogP contribution is -2.00. The average molecular weight is 902 g/mol. The van der Waals surface area contributed by atoms with Gasteiger partial charge in [-0.2, -0.15) is 0 Å². The lowest BCUT2D eigenvalue weighted by molar-refractivity contribution is 1.15. The average Bonchev–Trinajstić information content (AvgIpc) is 3.78. The third-order valence-electron chi connectivity index (χ3n) is 14.4. The van der Waals surface area contributed by atoms with Crippen LogP contribution in [0.5, 0.6) is 0 Å². The quantitative estimate of drug-likeness (QED) is 0.118. The largest absolute Gasteiger partial charge is 0.309 e. The summed E-state index contributed by atoms with van der Waals surface area (Å²) in [6.07, 6.45) is 0. The molecule has 0 saturated heterocycles. The van der Waals surface area contributed by atoms with Crippen molar-refractivity contribution in [1.82, 2.24) is 14.5 Å². The van der Waals surface area contributed by atoms with Crippen molar-refractivity contribution < 1.29 is 0 Å². The van der Waals surface area contributed by atoms with E-state index >= 15 is 0 Å². The van der Waals surface area contributed by atoms with Crippen molar-refractivity contribution in [2.75, 3.05) is 0 Å². The molecule has 0 amide bonds. The Balaban J connectivity index is 0.839. The van der Waals surface area contributed by atoms with Gasteiger partial charge in [-0.1, -0.05) is 231 Å². The monoisotopic (exact) mass is 901 g/mol. The molecule has 0 aliphatic heterocycles. The van der Waals surface area contributed by atoms with E-state index in [0.29, 0.717) is 5.82 Å². The summed E-state index contributed by atoms with van der Waals surface area (Å²) in [5, 5.41) is 12.5. The molecule has 14 rings (SSSR count). The van der Waals surface area contributed by atoms with Crippen LogP contribution in [0.1, 0.15) is 0 Å². The molecule has 71 heavy (non-hydrogen) atoms. The Morgan fingerprint density at radius 1 is 0.254 bits per heavy atom. The van der Waals surface area contributed by atoms with Crippen molar-refractivity contribution in [3.8, 4) is 73.0 Å². The number of para-hydroxylation sites is 3. The van der Waals surface area contributed by atoms with Gasteiger partial charge in [0.25, 0.3) is 0 Å². The highest BCUT2D eigenvalue weighted by molar-refractivity contribution is 6.20. The summed E-state index contributed by atoms with van der Waals surface area (Å²) in [7, 11) is 0. The minimum absolute atomic E-state index is 0.688. The van der Waals surface area contributed by atoms with Crippen molar-refractivity contribution in [3.63, 3.8) is 0 Å². The second-order valence-corrected chi connectivity index (χ2v) is 18.4. The van der Waals surface area contributed by atoms with Crippen LogP contribution in [0.25, 0.3) is 138 Å². The van der Waals surface area contributed by atoms with Crippen LogP contribution >= 0.6 is 0 Å². The summed E-state index contributed by atoms with van der Waals surface area (Å²) in [4.78, 5) is 10.5. The lowest BCUT2D eigenvalue weighted by atomic mass is 9.88. The van der Waals surface area contributed by atoms with E-state index in [4.69, 9.17) is 9.97 Å². The van der Waals surface area contributed by atoms with Crippen LogP contribution in [-0.4, -0.2) is 14.5 Å². The maximum atomic E-state index is 5.29. The third-order valence-corrected chi connectivity index (χ3v) is 14.4. The number of nitrogens with zero attached hydrogens (tertiary/aromatic N) is 3. The fraction of sp³-hybridized carbons (Fsp3) is 0. The van der Waals surface area contributed by atoms with Crippen molar-refractivity contribution in [2.24, 2.45) is 0 Å². The van der Waals surface area contributed by atoms with E-state index in [9.17, 15) is 0 Å². The first-order chi connectivity index (χ1) is 35.2. The number of aromatic nitrogens is 3. The smallest absolute Gasteiger partial charge is 0.160 e. The zero-order valence-corrected chi connectivity index (χ0v) is 38.7. The van der Waals surface area contributed by atoms with Gasteiger partial charge in [0.1, 0.15) is 0 Å². The predicted octanol–water partition coefficient (Wildman–Crippen LogP) is 18.2. The summed E-state index contributed by atoms with van der Waals surface area (Å²) < 4.78 is 2.37. The molecule has 0 fully saturated rings. The Kier molecular flexibility index (Phi) is 9.53. The molecule has 0 saturated carbocycles. The second-order valence-electron chi connectivity index (χ2n) is 18.4. The zero-order chi connectivity index (χ0) is 46.8. The summed E-state index contributed by atoms with van der Waals surface area (Å²) in [5.74, 6) is 0.688. The maximum absolute atomic E-state index is 5.29. The number of hydrogen-bond donors (Lipinski definition) is 0. The van der Waals surface area contributed by atoms with Gasteiger partial charge in [0.15, 0.2) is 5.82 Å². The molecule has 0 unspecified atom stereocenters. The van der Waals surface area contributed by atoms with Gasteiger partial charge in [-0.3, -0.25) is 0 Å². The van der Waals surface area contributed by atoms with Gasteiger partial charge in [0.2, 0.25) is 0 Å². The zero-order valence-electron chi connectivity index (χ0n) is 38.7. The molecule has 2 aromatic heterocycles. The summed E-state index contributed by atoms with van der Waals surface area (Å²) in [6.45, 7) is 0. The Labute approximate surface area is 411 Å². The van der Waals surface area contributed by atoms with Gasteiger partial charge in [0.05, 0.1) is 28.1 Å². The van der Waals surface area contributed by atoms with Crippen LogP contribution in [0.4, 0.5) is 0 Å². The fourth-order valence-electron chi connectivity index (χ4n) is 11.1. The van der Waals surface area contributed by atoms with E-state index in [1.165, 1.54) is 81.7 Å². The number of fused-ring (bicyclic) bond motifs is 8. The van der Waals surface area contributed by atoms with Crippen LogP contribution in [0.15, 0.2) is 261 Å². The summed E-state index contributed by atoms with van der Waals surface area (Å²) >= 11 is 0. The van der Waals surface area contributed by atoms with Gasteiger partial charge < -0.3 is 4.57 Å². The highest BCUT2D eigenvalue weighted by atomic mass is 15.0. The Morgan fingerprint density at radius 2 is 0.761 bits per heavy atom. The fourth-order valence-corrected chi connectivity index (χ4v) is 11.1.